The second kappa shape index (κ2) is 10.8. The molecule has 1 atom stereocenters. The Balaban J connectivity index is 1.57. The molecule has 0 saturated carbocycles. The van der Waals surface area contributed by atoms with Crippen molar-refractivity contribution in [1.29, 1.82) is 0 Å². The molecular formula is C26H37NO. The first-order valence-corrected chi connectivity index (χ1v) is 11.3. The quantitative estimate of drug-likeness (QED) is 0.370. The number of fused-ring (bicyclic) bond motifs is 3. The first-order valence-electron chi connectivity index (χ1n) is 11.3. The lowest BCUT2D eigenvalue weighted by atomic mass is 9.99. The van der Waals surface area contributed by atoms with Crippen LogP contribution in [0.15, 0.2) is 42.5 Å². The molecule has 28 heavy (non-hydrogen) atoms. The summed E-state index contributed by atoms with van der Waals surface area (Å²) >= 11 is 0. The van der Waals surface area contributed by atoms with Crippen LogP contribution in [-0.2, 0) is 6.42 Å². The van der Waals surface area contributed by atoms with Crippen LogP contribution >= 0.6 is 0 Å². The Kier molecular flexibility index (Phi) is 8.12. The molecule has 0 bridgehead atoms. The Labute approximate surface area is 171 Å². The van der Waals surface area contributed by atoms with E-state index in [1.54, 1.807) is 0 Å². The Morgan fingerprint density at radius 3 is 2.21 bits per heavy atom. The van der Waals surface area contributed by atoms with E-state index in [0.29, 0.717) is 0 Å². The third kappa shape index (κ3) is 5.46. The van der Waals surface area contributed by atoms with Crippen LogP contribution in [0, 0.1) is 0 Å². The van der Waals surface area contributed by atoms with E-state index in [0.717, 1.165) is 24.9 Å². The number of aliphatic hydroxyl groups is 1. The molecule has 0 aromatic heterocycles. The van der Waals surface area contributed by atoms with Gasteiger partial charge in [-0.2, -0.15) is 0 Å². The van der Waals surface area contributed by atoms with Gasteiger partial charge in [0.05, 0.1) is 6.10 Å². The lowest BCUT2D eigenvalue weighted by Crippen LogP contribution is -2.28. The van der Waals surface area contributed by atoms with Gasteiger partial charge in [-0.3, -0.25) is 0 Å². The molecule has 1 aliphatic carbocycles. The molecule has 2 aromatic carbocycles. The van der Waals surface area contributed by atoms with Crippen molar-refractivity contribution in [3.05, 3.63) is 59.2 Å². The second-order valence-electron chi connectivity index (χ2n) is 8.31. The van der Waals surface area contributed by atoms with Crippen molar-refractivity contribution in [2.24, 2.45) is 0 Å². The Morgan fingerprint density at radius 1 is 0.821 bits per heavy atom. The maximum atomic E-state index is 10.8. The number of unbranched alkanes of at least 4 members (excludes halogenated alkanes) is 4. The minimum absolute atomic E-state index is 0.367. The summed E-state index contributed by atoms with van der Waals surface area (Å²) in [5.41, 5.74) is 6.54. The molecule has 2 heteroatoms. The van der Waals surface area contributed by atoms with Gasteiger partial charge in [-0.05, 0) is 66.6 Å². The Morgan fingerprint density at radius 2 is 1.50 bits per heavy atom. The molecule has 3 rings (SSSR count). The number of aliphatic hydroxyl groups excluding tert-OH is 1. The first-order chi connectivity index (χ1) is 13.7. The molecule has 1 N–H and O–H groups in total. The lowest BCUT2D eigenvalue weighted by Gasteiger charge is -2.24. The first kappa shape index (κ1) is 21.1. The van der Waals surface area contributed by atoms with Gasteiger partial charge in [-0.15, -0.1) is 0 Å². The summed E-state index contributed by atoms with van der Waals surface area (Å²) < 4.78 is 0. The average Bonchev–Trinajstić information content (AvgIpc) is 3.09. The zero-order chi connectivity index (χ0) is 19.8. The fourth-order valence-electron chi connectivity index (χ4n) is 4.35. The third-order valence-corrected chi connectivity index (χ3v) is 6.08. The highest BCUT2D eigenvalue weighted by molar-refractivity contribution is 5.76. The summed E-state index contributed by atoms with van der Waals surface area (Å²) in [7, 11) is 0. The van der Waals surface area contributed by atoms with Crippen LogP contribution < -0.4 is 0 Å². The van der Waals surface area contributed by atoms with Crippen LogP contribution in [0.5, 0.6) is 0 Å². The summed E-state index contributed by atoms with van der Waals surface area (Å²) in [5.74, 6) is 0. The van der Waals surface area contributed by atoms with Crippen molar-refractivity contribution < 1.29 is 5.11 Å². The average molecular weight is 380 g/mol. The maximum Gasteiger partial charge on any atom is 0.0802 e. The summed E-state index contributed by atoms with van der Waals surface area (Å²) in [6.07, 6.45) is 9.14. The molecule has 0 aliphatic heterocycles. The van der Waals surface area contributed by atoms with E-state index in [1.165, 1.54) is 73.9 Å². The second-order valence-corrected chi connectivity index (χ2v) is 8.31. The SMILES string of the molecule is CCCCCN(CCCCC)CC[C@@H](O)c1ccc2c(c1)Cc1ccccc1-2. The number of hydrogen-bond donors (Lipinski definition) is 1. The molecule has 0 fully saturated rings. The van der Waals surface area contributed by atoms with Gasteiger partial charge in [0.2, 0.25) is 0 Å². The Hall–Kier alpha value is -1.64. The molecule has 0 heterocycles. The van der Waals surface area contributed by atoms with E-state index in [4.69, 9.17) is 0 Å². The van der Waals surface area contributed by atoms with Crippen LogP contribution in [0.25, 0.3) is 11.1 Å². The van der Waals surface area contributed by atoms with E-state index < -0.39 is 0 Å². The van der Waals surface area contributed by atoms with Gasteiger partial charge < -0.3 is 10.0 Å². The number of benzene rings is 2. The fraction of sp³-hybridized carbons (Fsp3) is 0.538. The van der Waals surface area contributed by atoms with Gasteiger partial charge in [-0.1, -0.05) is 82.0 Å². The molecule has 0 radical (unpaired) electrons. The van der Waals surface area contributed by atoms with Gasteiger partial charge in [-0.25, -0.2) is 0 Å². The summed E-state index contributed by atoms with van der Waals surface area (Å²) in [4.78, 5) is 2.57. The predicted molar refractivity (Wildman–Crippen MR) is 120 cm³/mol. The van der Waals surface area contributed by atoms with E-state index in [2.05, 4.69) is 61.2 Å². The summed E-state index contributed by atoms with van der Waals surface area (Å²) in [6.45, 7) is 7.86. The summed E-state index contributed by atoms with van der Waals surface area (Å²) in [6, 6.07) is 15.2. The largest absolute Gasteiger partial charge is 0.388 e. The number of hydrogen-bond acceptors (Lipinski definition) is 2. The van der Waals surface area contributed by atoms with Crippen molar-refractivity contribution >= 4 is 0 Å². The standard InChI is InChI=1S/C26H37NO/c1-3-5-9-16-27(17-10-6-4-2)18-15-26(28)22-13-14-25-23(20-22)19-21-11-7-8-12-24(21)25/h7-8,11-14,20,26,28H,3-6,9-10,15-19H2,1-2H3/t26-/m1/s1. The van der Waals surface area contributed by atoms with E-state index >= 15 is 0 Å². The monoisotopic (exact) mass is 379 g/mol. The predicted octanol–water partition coefficient (Wildman–Crippen LogP) is 6.36. The maximum absolute atomic E-state index is 10.8. The van der Waals surface area contributed by atoms with Gasteiger partial charge >= 0.3 is 0 Å². The van der Waals surface area contributed by atoms with Gasteiger partial charge in [0.25, 0.3) is 0 Å². The van der Waals surface area contributed by atoms with Crippen molar-refractivity contribution in [2.45, 2.75) is 71.3 Å². The van der Waals surface area contributed by atoms with Crippen molar-refractivity contribution in [1.82, 2.24) is 4.90 Å². The minimum atomic E-state index is -0.367. The molecule has 0 amide bonds. The molecule has 0 unspecified atom stereocenters. The highest BCUT2D eigenvalue weighted by Gasteiger charge is 2.19. The molecule has 2 nitrogen and oxygen atoms in total. The number of rotatable bonds is 12. The third-order valence-electron chi connectivity index (χ3n) is 6.08. The molecule has 2 aromatic rings. The van der Waals surface area contributed by atoms with Crippen molar-refractivity contribution in [3.8, 4) is 11.1 Å². The van der Waals surface area contributed by atoms with Crippen molar-refractivity contribution in [3.63, 3.8) is 0 Å². The zero-order valence-corrected chi connectivity index (χ0v) is 17.8. The molecule has 0 spiro atoms. The molecule has 152 valence electrons. The normalized spacial score (nSPS) is 13.6. The number of nitrogens with zero attached hydrogens (tertiary/aromatic N) is 1. The van der Waals surface area contributed by atoms with Crippen LogP contribution in [0.4, 0.5) is 0 Å². The van der Waals surface area contributed by atoms with Crippen LogP contribution in [0.3, 0.4) is 0 Å². The van der Waals surface area contributed by atoms with E-state index in [-0.39, 0.29) is 6.10 Å². The van der Waals surface area contributed by atoms with Gasteiger partial charge in [0, 0.05) is 6.54 Å². The van der Waals surface area contributed by atoms with E-state index in [9.17, 15) is 5.11 Å². The smallest absolute Gasteiger partial charge is 0.0802 e. The molecule has 1 aliphatic rings. The highest BCUT2D eigenvalue weighted by Crippen LogP contribution is 2.37. The van der Waals surface area contributed by atoms with Crippen molar-refractivity contribution in [2.75, 3.05) is 19.6 Å². The molecular weight excluding hydrogens is 342 g/mol. The van der Waals surface area contributed by atoms with Crippen LogP contribution in [0.1, 0.15) is 81.6 Å². The lowest BCUT2D eigenvalue weighted by molar-refractivity contribution is 0.140. The minimum Gasteiger partial charge on any atom is -0.388 e. The fourth-order valence-corrected chi connectivity index (χ4v) is 4.35. The van der Waals surface area contributed by atoms with Crippen LogP contribution in [-0.4, -0.2) is 29.6 Å². The van der Waals surface area contributed by atoms with E-state index in [1.807, 2.05) is 0 Å². The topological polar surface area (TPSA) is 23.5 Å². The van der Waals surface area contributed by atoms with Crippen LogP contribution in [0.2, 0.25) is 0 Å². The summed E-state index contributed by atoms with van der Waals surface area (Å²) in [5, 5.41) is 10.8. The van der Waals surface area contributed by atoms with Gasteiger partial charge in [0.1, 0.15) is 0 Å². The van der Waals surface area contributed by atoms with Gasteiger partial charge in [0.15, 0.2) is 0 Å². The highest BCUT2D eigenvalue weighted by atomic mass is 16.3. The Bertz CT molecular complexity index is 729. The molecule has 0 saturated heterocycles. The zero-order valence-electron chi connectivity index (χ0n) is 17.8.